The summed E-state index contributed by atoms with van der Waals surface area (Å²) < 4.78 is 5.05. The number of anilines is 2. The van der Waals surface area contributed by atoms with Crippen LogP contribution in [-0.4, -0.2) is 43.3 Å². The highest BCUT2D eigenvalue weighted by Gasteiger charge is 2.18. The third-order valence-electron chi connectivity index (χ3n) is 3.63. The molecule has 0 aliphatic carbocycles. The van der Waals surface area contributed by atoms with Gasteiger partial charge in [-0.15, -0.1) is 0 Å². The van der Waals surface area contributed by atoms with Crippen LogP contribution >= 0.6 is 0 Å². The number of aryl methyl sites for hydroxylation is 1. The second kappa shape index (κ2) is 7.43. The first-order valence-electron chi connectivity index (χ1n) is 7.52. The largest absolute Gasteiger partial charge is 0.385 e. The molecule has 1 N–H and O–H groups in total. The molecular weight excluding hydrogens is 252 g/mol. The maximum Gasteiger partial charge on any atom is 0.224 e. The highest BCUT2D eigenvalue weighted by Crippen LogP contribution is 2.22. The van der Waals surface area contributed by atoms with Crippen molar-refractivity contribution < 1.29 is 4.74 Å². The van der Waals surface area contributed by atoms with Gasteiger partial charge in [-0.25, -0.2) is 4.98 Å². The minimum Gasteiger partial charge on any atom is -0.385 e. The smallest absolute Gasteiger partial charge is 0.224 e. The molecule has 0 spiro atoms. The van der Waals surface area contributed by atoms with Crippen molar-refractivity contribution in [3.05, 3.63) is 11.8 Å². The van der Waals surface area contributed by atoms with Gasteiger partial charge < -0.3 is 15.0 Å². The summed E-state index contributed by atoms with van der Waals surface area (Å²) in [6, 6.07) is 2.08. The number of piperidine rings is 1. The number of rotatable bonds is 6. The van der Waals surface area contributed by atoms with Gasteiger partial charge in [0.2, 0.25) is 5.95 Å². The van der Waals surface area contributed by atoms with Crippen molar-refractivity contribution in [1.82, 2.24) is 9.97 Å². The normalized spacial score (nSPS) is 19.1. The van der Waals surface area contributed by atoms with E-state index in [2.05, 4.69) is 33.2 Å². The van der Waals surface area contributed by atoms with Gasteiger partial charge in [-0.3, -0.25) is 0 Å². The first kappa shape index (κ1) is 15.0. The van der Waals surface area contributed by atoms with E-state index in [1.165, 1.54) is 12.8 Å². The fourth-order valence-electron chi connectivity index (χ4n) is 2.61. The summed E-state index contributed by atoms with van der Waals surface area (Å²) in [6.45, 7) is 8.13. The highest BCUT2D eigenvalue weighted by molar-refractivity contribution is 5.45. The number of methoxy groups -OCH3 is 1. The molecule has 1 aromatic rings. The molecule has 0 bridgehead atoms. The Hall–Kier alpha value is -1.36. The average Bonchev–Trinajstić information content (AvgIpc) is 2.43. The van der Waals surface area contributed by atoms with Crippen LogP contribution in [0.1, 0.15) is 31.9 Å². The lowest BCUT2D eigenvalue weighted by Crippen LogP contribution is -2.35. The zero-order chi connectivity index (χ0) is 14.4. The second-order valence-electron chi connectivity index (χ2n) is 5.66. The third kappa shape index (κ3) is 4.34. The van der Waals surface area contributed by atoms with Crippen molar-refractivity contribution in [2.24, 2.45) is 5.92 Å². The number of aromatic nitrogens is 2. The minimum atomic E-state index is 0.731. The Kier molecular flexibility index (Phi) is 5.59. The topological polar surface area (TPSA) is 50.3 Å². The quantitative estimate of drug-likeness (QED) is 0.810. The summed E-state index contributed by atoms with van der Waals surface area (Å²) in [6.07, 6.45) is 3.54. The number of nitrogens with zero attached hydrogens (tertiary/aromatic N) is 3. The van der Waals surface area contributed by atoms with Gasteiger partial charge in [-0.05, 0) is 32.1 Å². The minimum absolute atomic E-state index is 0.731. The Morgan fingerprint density at radius 3 is 3.05 bits per heavy atom. The molecule has 0 amide bonds. The van der Waals surface area contributed by atoms with Crippen molar-refractivity contribution >= 4 is 11.8 Å². The first-order chi connectivity index (χ1) is 9.69. The molecule has 1 aromatic heterocycles. The fraction of sp³-hybridized carbons (Fsp3) is 0.733. The van der Waals surface area contributed by atoms with E-state index in [1.807, 2.05) is 6.92 Å². The molecule has 0 saturated carbocycles. The molecule has 1 aliphatic heterocycles. The van der Waals surface area contributed by atoms with Gasteiger partial charge in [0.05, 0.1) is 0 Å². The Labute approximate surface area is 121 Å². The van der Waals surface area contributed by atoms with Gasteiger partial charge in [0, 0.05) is 45.1 Å². The standard InChI is InChI=1S/C15H26N4O/c1-12-6-4-8-19(11-12)14-10-13(2)17-15(18-14)16-7-5-9-20-3/h10,12H,4-9,11H2,1-3H3,(H,16,17,18). The lowest BCUT2D eigenvalue weighted by molar-refractivity contribution is 0.197. The summed E-state index contributed by atoms with van der Waals surface area (Å²) in [4.78, 5) is 11.5. The molecule has 0 aromatic carbocycles. The van der Waals surface area contributed by atoms with Crippen LogP contribution in [0, 0.1) is 12.8 Å². The molecule has 0 radical (unpaired) electrons. The van der Waals surface area contributed by atoms with Crippen LogP contribution in [-0.2, 0) is 4.74 Å². The highest BCUT2D eigenvalue weighted by atomic mass is 16.5. The summed E-state index contributed by atoms with van der Waals surface area (Å²) >= 11 is 0. The third-order valence-corrected chi connectivity index (χ3v) is 3.63. The van der Waals surface area contributed by atoms with E-state index in [0.717, 1.165) is 56.0 Å². The molecule has 5 nitrogen and oxygen atoms in total. The molecule has 5 heteroatoms. The fourth-order valence-corrected chi connectivity index (χ4v) is 2.61. The van der Waals surface area contributed by atoms with E-state index in [9.17, 15) is 0 Å². The summed E-state index contributed by atoms with van der Waals surface area (Å²) in [5, 5.41) is 3.28. The molecule has 2 rings (SSSR count). The predicted molar refractivity (Wildman–Crippen MR) is 82.4 cm³/mol. The molecule has 20 heavy (non-hydrogen) atoms. The number of nitrogens with one attached hydrogen (secondary N) is 1. The van der Waals surface area contributed by atoms with Crippen molar-refractivity contribution in [2.75, 3.05) is 43.6 Å². The van der Waals surface area contributed by atoms with Crippen LogP contribution in [0.4, 0.5) is 11.8 Å². The SMILES string of the molecule is COCCCNc1nc(C)cc(N2CCCC(C)C2)n1. The van der Waals surface area contributed by atoms with Crippen LogP contribution in [0.5, 0.6) is 0 Å². The molecule has 1 aliphatic rings. The monoisotopic (exact) mass is 278 g/mol. The Morgan fingerprint density at radius 1 is 1.45 bits per heavy atom. The van der Waals surface area contributed by atoms with Crippen molar-refractivity contribution in [3.63, 3.8) is 0 Å². The Bertz CT molecular complexity index is 424. The van der Waals surface area contributed by atoms with Gasteiger partial charge in [0.25, 0.3) is 0 Å². The molecule has 2 heterocycles. The molecular formula is C15H26N4O. The second-order valence-corrected chi connectivity index (χ2v) is 5.66. The van der Waals surface area contributed by atoms with Gasteiger partial charge >= 0.3 is 0 Å². The zero-order valence-electron chi connectivity index (χ0n) is 12.9. The maximum atomic E-state index is 5.05. The van der Waals surface area contributed by atoms with Crippen LogP contribution in [0.3, 0.4) is 0 Å². The van der Waals surface area contributed by atoms with Crippen molar-refractivity contribution in [3.8, 4) is 0 Å². The van der Waals surface area contributed by atoms with Crippen LogP contribution in [0.2, 0.25) is 0 Å². The van der Waals surface area contributed by atoms with E-state index in [1.54, 1.807) is 7.11 Å². The lowest BCUT2D eigenvalue weighted by atomic mass is 10.0. The van der Waals surface area contributed by atoms with E-state index in [4.69, 9.17) is 4.74 Å². The van der Waals surface area contributed by atoms with Gasteiger partial charge in [-0.2, -0.15) is 4.98 Å². The zero-order valence-corrected chi connectivity index (χ0v) is 12.9. The predicted octanol–water partition coefficient (Wildman–Crippen LogP) is 2.47. The van der Waals surface area contributed by atoms with Crippen LogP contribution in [0.15, 0.2) is 6.07 Å². The maximum absolute atomic E-state index is 5.05. The Balaban J connectivity index is 2.00. The molecule has 1 atom stereocenters. The lowest BCUT2D eigenvalue weighted by Gasteiger charge is -2.32. The number of hydrogen-bond donors (Lipinski definition) is 1. The van der Waals surface area contributed by atoms with Crippen molar-refractivity contribution in [2.45, 2.75) is 33.1 Å². The summed E-state index contributed by atoms with van der Waals surface area (Å²) in [5.41, 5.74) is 1.02. The number of hydrogen-bond acceptors (Lipinski definition) is 5. The average molecular weight is 278 g/mol. The van der Waals surface area contributed by atoms with Crippen LogP contribution < -0.4 is 10.2 Å². The Morgan fingerprint density at radius 2 is 2.30 bits per heavy atom. The summed E-state index contributed by atoms with van der Waals surface area (Å²) in [7, 11) is 1.72. The summed E-state index contributed by atoms with van der Waals surface area (Å²) in [5.74, 6) is 2.53. The van der Waals surface area contributed by atoms with Gasteiger partial charge in [0.1, 0.15) is 5.82 Å². The van der Waals surface area contributed by atoms with E-state index < -0.39 is 0 Å². The van der Waals surface area contributed by atoms with Crippen LogP contribution in [0.25, 0.3) is 0 Å². The molecule has 1 fully saturated rings. The molecule has 1 unspecified atom stereocenters. The van der Waals surface area contributed by atoms with E-state index >= 15 is 0 Å². The van der Waals surface area contributed by atoms with Gasteiger partial charge in [-0.1, -0.05) is 6.92 Å². The van der Waals surface area contributed by atoms with E-state index in [0.29, 0.717) is 0 Å². The molecule has 112 valence electrons. The number of ether oxygens (including phenoxy) is 1. The van der Waals surface area contributed by atoms with E-state index in [-0.39, 0.29) is 0 Å². The first-order valence-corrected chi connectivity index (χ1v) is 7.52. The van der Waals surface area contributed by atoms with Gasteiger partial charge in [0.15, 0.2) is 0 Å². The molecule has 1 saturated heterocycles. The van der Waals surface area contributed by atoms with Crippen molar-refractivity contribution in [1.29, 1.82) is 0 Å².